The number of rotatable bonds is 5. The van der Waals surface area contributed by atoms with E-state index in [0.717, 1.165) is 38.8 Å². The fourth-order valence-electron chi connectivity index (χ4n) is 3.23. The maximum absolute atomic E-state index is 13.6. The summed E-state index contributed by atoms with van der Waals surface area (Å²) in [4.78, 5) is 20.7. The normalized spacial score (nSPS) is 23.9. The monoisotopic (exact) mass is 478 g/mol. The van der Waals surface area contributed by atoms with Crippen molar-refractivity contribution in [2.75, 3.05) is 32.7 Å². The van der Waals surface area contributed by atoms with E-state index < -0.39 is 23.1 Å². The molecule has 2 unspecified atom stereocenters. The Hall–Kier alpha value is -1.10. The molecule has 2 atom stereocenters. The van der Waals surface area contributed by atoms with Crippen molar-refractivity contribution in [3.8, 4) is 0 Å². The number of aliphatic imine (C=N–C) groups is 1. The zero-order valence-corrected chi connectivity index (χ0v) is 17.8. The molecule has 0 aliphatic carbocycles. The van der Waals surface area contributed by atoms with Crippen LogP contribution in [0.2, 0.25) is 0 Å². The molecule has 2 heterocycles. The highest BCUT2D eigenvalue weighted by Crippen LogP contribution is 2.34. The Balaban J connectivity index is 1.73. The van der Waals surface area contributed by atoms with Crippen LogP contribution in [0, 0.1) is 0 Å². The Bertz CT molecular complexity index is 738. The lowest BCUT2D eigenvalue weighted by Gasteiger charge is -2.34. The average Bonchev–Trinajstić information content (AvgIpc) is 3.06. The molecule has 0 spiro atoms. The van der Waals surface area contributed by atoms with Gasteiger partial charge >= 0.3 is 6.18 Å². The minimum atomic E-state index is -4.52. The van der Waals surface area contributed by atoms with Crippen LogP contribution in [0.15, 0.2) is 23.2 Å². The van der Waals surface area contributed by atoms with E-state index >= 15 is 0 Å². The molecule has 154 valence electrons. The Kier molecular flexibility index (Phi) is 7.06. The Morgan fingerprint density at radius 1 is 1.29 bits per heavy atom. The minimum Gasteiger partial charge on any atom is -0.322 e. The first-order valence-electron chi connectivity index (χ1n) is 9.05. The van der Waals surface area contributed by atoms with E-state index in [-0.39, 0.29) is 21.8 Å². The zero-order valence-electron chi connectivity index (χ0n) is 15.4. The van der Waals surface area contributed by atoms with Crippen molar-refractivity contribution in [2.24, 2.45) is 4.99 Å². The number of hydrogen-bond acceptors (Lipinski definition) is 5. The standard InChI is InChI=1S/C18H22BrF3N4OS/c1-2-25-5-7-26(8-6-25)11-13-4-3-12(9-14(13)18(20,21)22)16(27)24-17-23-10-15(19)28-17/h3-4,9-10,15,17H,2,5-8,11H2,1H3,(H,24,27). The van der Waals surface area contributed by atoms with E-state index in [1.165, 1.54) is 23.9 Å². The van der Waals surface area contributed by atoms with E-state index in [1.807, 2.05) is 4.90 Å². The number of nitrogens with one attached hydrogen (secondary N) is 1. The Morgan fingerprint density at radius 3 is 2.54 bits per heavy atom. The molecular formula is C18H22BrF3N4OS. The summed E-state index contributed by atoms with van der Waals surface area (Å²) in [7, 11) is 0. The summed E-state index contributed by atoms with van der Waals surface area (Å²) in [5, 5.41) is 2.63. The maximum Gasteiger partial charge on any atom is 0.416 e. The van der Waals surface area contributed by atoms with Gasteiger partial charge in [-0.3, -0.25) is 14.7 Å². The molecule has 0 aromatic heterocycles. The van der Waals surface area contributed by atoms with E-state index in [2.05, 4.69) is 38.1 Å². The molecule has 2 aliphatic rings. The average molecular weight is 479 g/mol. The summed E-state index contributed by atoms with van der Waals surface area (Å²) in [5.41, 5.74) is -1.07. The quantitative estimate of drug-likeness (QED) is 0.658. The minimum absolute atomic E-state index is 0.0132. The largest absolute Gasteiger partial charge is 0.416 e. The Labute approximate surface area is 174 Å². The SMILES string of the molecule is CCN1CCN(Cc2ccc(C(=O)NC3N=CC(Br)S3)cc2C(F)(F)F)CC1. The van der Waals surface area contributed by atoms with Gasteiger partial charge in [0.2, 0.25) is 0 Å². The maximum atomic E-state index is 13.6. The first-order valence-corrected chi connectivity index (χ1v) is 10.9. The highest BCUT2D eigenvalue weighted by molar-refractivity contribution is 9.11. The molecule has 1 saturated heterocycles. The molecule has 1 N–H and O–H groups in total. The smallest absolute Gasteiger partial charge is 0.322 e. The molecule has 0 radical (unpaired) electrons. The van der Waals surface area contributed by atoms with E-state index in [0.29, 0.717) is 0 Å². The number of likely N-dealkylation sites (N-methyl/N-ethyl adjacent to an activating group) is 1. The summed E-state index contributed by atoms with van der Waals surface area (Å²) in [6.45, 7) is 6.43. The van der Waals surface area contributed by atoms with Crippen molar-refractivity contribution in [3.05, 3.63) is 34.9 Å². The number of carbonyl (C=O) groups is 1. The molecule has 1 amide bonds. The first-order chi connectivity index (χ1) is 13.3. The second-order valence-electron chi connectivity index (χ2n) is 6.69. The highest BCUT2D eigenvalue weighted by atomic mass is 79.9. The molecule has 1 aromatic carbocycles. The summed E-state index contributed by atoms with van der Waals surface area (Å²) >= 11 is 4.69. The second kappa shape index (κ2) is 9.15. The zero-order chi connectivity index (χ0) is 20.3. The number of piperazine rings is 1. The van der Waals surface area contributed by atoms with Crippen molar-refractivity contribution in [1.29, 1.82) is 0 Å². The van der Waals surface area contributed by atoms with E-state index in [9.17, 15) is 18.0 Å². The summed E-state index contributed by atoms with van der Waals surface area (Å²) in [5.74, 6) is -0.565. The molecule has 10 heteroatoms. The predicted octanol–water partition coefficient (Wildman–Crippen LogP) is 3.39. The molecule has 5 nitrogen and oxygen atoms in total. The molecule has 0 bridgehead atoms. The van der Waals surface area contributed by atoms with Crippen LogP contribution in [0.25, 0.3) is 0 Å². The van der Waals surface area contributed by atoms with Gasteiger partial charge in [-0.05, 0) is 24.2 Å². The van der Waals surface area contributed by atoms with Gasteiger partial charge in [0.1, 0.15) is 0 Å². The van der Waals surface area contributed by atoms with Crippen molar-refractivity contribution in [1.82, 2.24) is 15.1 Å². The number of nitrogens with zero attached hydrogens (tertiary/aromatic N) is 3. The van der Waals surface area contributed by atoms with Crippen molar-refractivity contribution in [3.63, 3.8) is 0 Å². The number of hydrogen-bond donors (Lipinski definition) is 1. The lowest BCUT2D eigenvalue weighted by molar-refractivity contribution is -0.138. The molecule has 2 aliphatic heterocycles. The van der Waals surface area contributed by atoms with Crippen molar-refractivity contribution < 1.29 is 18.0 Å². The molecular weight excluding hydrogens is 457 g/mol. The topological polar surface area (TPSA) is 47.9 Å². The van der Waals surface area contributed by atoms with Gasteiger partial charge in [-0.1, -0.05) is 40.7 Å². The number of carbonyl (C=O) groups excluding carboxylic acids is 1. The van der Waals surface area contributed by atoms with Crippen molar-refractivity contribution >= 4 is 39.8 Å². The highest BCUT2D eigenvalue weighted by Gasteiger charge is 2.35. The lowest BCUT2D eigenvalue weighted by Crippen LogP contribution is -2.45. The third-order valence-electron chi connectivity index (χ3n) is 4.84. The van der Waals surface area contributed by atoms with Crippen LogP contribution in [0.5, 0.6) is 0 Å². The number of alkyl halides is 4. The van der Waals surface area contributed by atoms with Crippen LogP contribution in [0.3, 0.4) is 0 Å². The van der Waals surface area contributed by atoms with Crippen LogP contribution >= 0.6 is 27.7 Å². The molecule has 1 fully saturated rings. The van der Waals surface area contributed by atoms with E-state index in [1.54, 1.807) is 6.21 Å². The van der Waals surface area contributed by atoms with Crippen LogP contribution in [0.4, 0.5) is 13.2 Å². The first kappa shape index (κ1) is 21.6. The van der Waals surface area contributed by atoms with Gasteiger partial charge in [0, 0.05) is 44.5 Å². The fraction of sp³-hybridized carbons (Fsp3) is 0.556. The van der Waals surface area contributed by atoms with Crippen LogP contribution in [-0.4, -0.2) is 64.3 Å². The van der Waals surface area contributed by atoms with Crippen LogP contribution in [0.1, 0.15) is 28.4 Å². The number of benzene rings is 1. The second-order valence-corrected chi connectivity index (χ2v) is 9.51. The van der Waals surface area contributed by atoms with Crippen molar-refractivity contribution in [2.45, 2.75) is 29.3 Å². The molecule has 1 aromatic rings. The predicted molar refractivity (Wildman–Crippen MR) is 109 cm³/mol. The molecule has 3 rings (SSSR count). The van der Waals surface area contributed by atoms with Gasteiger partial charge in [0.05, 0.1) is 9.72 Å². The van der Waals surface area contributed by atoms with Gasteiger partial charge in [0.15, 0.2) is 5.50 Å². The Morgan fingerprint density at radius 2 is 1.96 bits per heavy atom. The van der Waals surface area contributed by atoms with Crippen LogP contribution < -0.4 is 5.32 Å². The van der Waals surface area contributed by atoms with Gasteiger partial charge in [0.25, 0.3) is 5.91 Å². The third kappa shape index (κ3) is 5.49. The number of thioether (sulfide) groups is 1. The molecule has 28 heavy (non-hydrogen) atoms. The van der Waals surface area contributed by atoms with Gasteiger partial charge in [-0.15, -0.1) is 0 Å². The number of amides is 1. The lowest BCUT2D eigenvalue weighted by atomic mass is 10.0. The molecule has 0 saturated carbocycles. The van der Waals surface area contributed by atoms with E-state index in [4.69, 9.17) is 0 Å². The van der Waals surface area contributed by atoms with Gasteiger partial charge in [-0.2, -0.15) is 13.2 Å². The van der Waals surface area contributed by atoms with Gasteiger partial charge in [-0.25, -0.2) is 0 Å². The summed E-state index contributed by atoms with van der Waals surface area (Å²) < 4.78 is 40.9. The van der Waals surface area contributed by atoms with Gasteiger partial charge < -0.3 is 10.2 Å². The third-order valence-corrected chi connectivity index (χ3v) is 6.60. The summed E-state index contributed by atoms with van der Waals surface area (Å²) in [6, 6.07) is 3.82. The summed E-state index contributed by atoms with van der Waals surface area (Å²) in [6.07, 6.45) is -2.88. The van der Waals surface area contributed by atoms with Crippen LogP contribution in [-0.2, 0) is 12.7 Å². The fourth-order valence-corrected chi connectivity index (χ4v) is 4.68. The number of halogens is 4.